The molecule has 1 aliphatic carbocycles. The Bertz CT molecular complexity index is 365. The van der Waals surface area contributed by atoms with Gasteiger partial charge in [-0.2, -0.15) is 0 Å². The standard InChI is InChI=1S/C12H17NO2/c1-15-10-4-5-11-9(7-10)3-2-6-12(11,14)8-13/h4-5,7,14H,2-3,6,8,13H2,1H3. The van der Waals surface area contributed by atoms with Gasteiger partial charge >= 0.3 is 0 Å². The van der Waals surface area contributed by atoms with E-state index in [9.17, 15) is 5.11 Å². The Kier molecular flexibility index (Phi) is 2.67. The quantitative estimate of drug-likeness (QED) is 0.765. The third-order valence-electron chi connectivity index (χ3n) is 3.19. The molecule has 0 aliphatic heterocycles. The highest BCUT2D eigenvalue weighted by molar-refractivity contribution is 5.40. The number of rotatable bonds is 2. The first-order valence-corrected chi connectivity index (χ1v) is 5.29. The molecule has 0 fully saturated rings. The Morgan fingerprint density at radius 1 is 1.53 bits per heavy atom. The molecule has 2 rings (SSSR count). The molecule has 1 aromatic rings. The van der Waals surface area contributed by atoms with Crippen molar-refractivity contribution in [3.05, 3.63) is 29.3 Å². The number of aryl methyl sites for hydroxylation is 1. The van der Waals surface area contributed by atoms with Crippen LogP contribution in [0.1, 0.15) is 24.0 Å². The van der Waals surface area contributed by atoms with Crippen molar-refractivity contribution in [3.63, 3.8) is 0 Å². The summed E-state index contributed by atoms with van der Waals surface area (Å²) in [7, 11) is 1.65. The fourth-order valence-electron chi connectivity index (χ4n) is 2.28. The zero-order chi connectivity index (χ0) is 10.9. The Morgan fingerprint density at radius 3 is 3.00 bits per heavy atom. The Balaban J connectivity index is 2.45. The van der Waals surface area contributed by atoms with Crippen LogP contribution < -0.4 is 10.5 Å². The minimum atomic E-state index is -0.833. The number of aliphatic hydroxyl groups is 1. The van der Waals surface area contributed by atoms with Crippen LogP contribution in [0, 0.1) is 0 Å². The first kappa shape index (κ1) is 10.5. The van der Waals surface area contributed by atoms with Crippen molar-refractivity contribution in [1.29, 1.82) is 0 Å². The summed E-state index contributed by atoms with van der Waals surface area (Å²) in [5.41, 5.74) is 6.94. The van der Waals surface area contributed by atoms with Gasteiger partial charge < -0.3 is 15.6 Å². The summed E-state index contributed by atoms with van der Waals surface area (Å²) in [6.07, 6.45) is 2.73. The summed E-state index contributed by atoms with van der Waals surface area (Å²) >= 11 is 0. The zero-order valence-corrected chi connectivity index (χ0v) is 8.99. The van der Waals surface area contributed by atoms with Gasteiger partial charge in [0.2, 0.25) is 0 Å². The molecule has 1 aromatic carbocycles. The first-order valence-electron chi connectivity index (χ1n) is 5.29. The Labute approximate surface area is 89.9 Å². The molecule has 0 heterocycles. The highest BCUT2D eigenvalue weighted by Crippen LogP contribution is 2.36. The van der Waals surface area contributed by atoms with Crippen molar-refractivity contribution >= 4 is 0 Å². The lowest BCUT2D eigenvalue weighted by atomic mass is 9.79. The second kappa shape index (κ2) is 3.83. The lowest BCUT2D eigenvalue weighted by Crippen LogP contribution is -2.38. The molecule has 1 atom stereocenters. The van der Waals surface area contributed by atoms with Gasteiger partial charge in [0.15, 0.2) is 0 Å². The van der Waals surface area contributed by atoms with E-state index in [2.05, 4.69) is 0 Å². The summed E-state index contributed by atoms with van der Waals surface area (Å²) < 4.78 is 5.17. The third kappa shape index (κ3) is 1.73. The first-order chi connectivity index (χ1) is 7.19. The van der Waals surface area contributed by atoms with E-state index in [4.69, 9.17) is 10.5 Å². The van der Waals surface area contributed by atoms with Crippen LogP contribution in [0.25, 0.3) is 0 Å². The van der Waals surface area contributed by atoms with Gasteiger partial charge in [-0.05, 0) is 42.5 Å². The van der Waals surface area contributed by atoms with Gasteiger partial charge in [-0.1, -0.05) is 6.07 Å². The maximum Gasteiger partial charge on any atom is 0.119 e. The maximum atomic E-state index is 10.3. The van der Waals surface area contributed by atoms with Gasteiger partial charge in [-0.15, -0.1) is 0 Å². The molecule has 3 N–H and O–H groups in total. The van der Waals surface area contributed by atoms with E-state index >= 15 is 0 Å². The van der Waals surface area contributed by atoms with E-state index in [0.29, 0.717) is 0 Å². The monoisotopic (exact) mass is 207 g/mol. The van der Waals surface area contributed by atoms with E-state index in [-0.39, 0.29) is 6.54 Å². The molecule has 0 aromatic heterocycles. The second-order valence-electron chi connectivity index (χ2n) is 4.11. The molecule has 0 amide bonds. The Hall–Kier alpha value is -1.06. The molecule has 0 bridgehead atoms. The number of hydrogen-bond acceptors (Lipinski definition) is 3. The number of fused-ring (bicyclic) bond motifs is 1. The van der Waals surface area contributed by atoms with Gasteiger partial charge in [0.05, 0.1) is 7.11 Å². The largest absolute Gasteiger partial charge is 0.497 e. The molecule has 0 radical (unpaired) electrons. The van der Waals surface area contributed by atoms with Crippen LogP contribution in [0.4, 0.5) is 0 Å². The fourth-order valence-corrected chi connectivity index (χ4v) is 2.28. The number of benzene rings is 1. The molecule has 0 saturated carbocycles. The van der Waals surface area contributed by atoms with Gasteiger partial charge in [0.25, 0.3) is 0 Å². The van der Waals surface area contributed by atoms with E-state index in [1.165, 1.54) is 0 Å². The molecule has 3 nitrogen and oxygen atoms in total. The third-order valence-corrected chi connectivity index (χ3v) is 3.19. The minimum Gasteiger partial charge on any atom is -0.497 e. The molecular formula is C12H17NO2. The zero-order valence-electron chi connectivity index (χ0n) is 8.99. The fraction of sp³-hybridized carbons (Fsp3) is 0.500. The minimum absolute atomic E-state index is 0.284. The van der Waals surface area contributed by atoms with Crippen molar-refractivity contribution in [1.82, 2.24) is 0 Å². The molecule has 1 aliphatic rings. The van der Waals surface area contributed by atoms with Crippen LogP contribution in [0.15, 0.2) is 18.2 Å². The predicted octanol–water partition coefficient (Wildman–Crippen LogP) is 1.18. The normalized spacial score (nSPS) is 24.7. The van der Waals surface area contributed by atoms with E-state index in [1.54, 1.807) is 7.11 Å². The van der Waals surface area contributed by atoms with Gasteiger partial charge in [0, 0.05) is 6.54 Å². The van der Waals surface area contributed by atoms with Crippen molar-refractivity contribution < 1.29 is 9.84 Å². The second-order valence-corrected chi connectivity index (χ2v) is 4.11. The van der Waals surface area contributed by atoms with E-state index in [1.807, 2.05) is 18.2 Å². The lowest BCUT2D eigenvalue weighted by Gasteiger charge is -2.33. The molecule has 82 valence electrons. The highest BCUT2D eigenvalue weighted by atomic mass is 16.5. The predicted molar refractivity (Wildman–Crippen MR) is 58.9 cm³/mol. The van der Waals surface area contributed by atoms with E-state index < -0.39 is 5.60 Å². The van der Waals surface area contributed by atoms with Crippen LogP contribution in [-0.2, 0) is 12.0 Å². The van der Waals surface area contributed by atoms with Gasteiger partial charge in [-0.3, -0.25) is 0 Å². The van der Waals surface area contributed by atoms with Crippen molar-refractivity contribution in [2.24, 2.45) is 5.73 Å². The number of ether oxygens (including phenoxy) is 1. The van der Waals surface area contributed by atoms with Crippen LogP contribution in [-0.4, -0.2) is 18.8 Å². The van der Waals surface area contributed by atoms with Gasteiger partial charge in [-0.25, -0.2) is 0 Å². The SMILES string of the molecule is COc1ccc2c(c1)CCCC2(O)CN. The smallest absolute Gasteiger partial charge is 0.119 e. The van der Waals surface area contributed by atoms with E-state index in [0.717, 1.165) is 36.1 Å². The Morgan fingerprint density at radius 2 is 2.33 bits per heavy atom. The van der Waals surface area contributed by atoms with Crippen molar-refractivity contribution in [2.75, 3.05) is 13.7 Å². The molecule has 1 unspecified atom stereocenters. The summed E-state index contributed by atoms with van der Waals surface area (Å²) in [5.74, 6) is 0.843. The van der Waals surface area contributed by atoms with Crippen molar-refractivity contribution in [3.8, 4) is 5.75 Å². The summed E-state index contributed by atoms with van der Waals surface area (Å²) in [4.78, 5) is 0. The van der Waals surface area contributed by atoms with Crippen molar-refractivity contribution in [2.45, 2.75) is 24.9 Å². The molecule has 0 saturated heterocycles. The summed E-state index contributed by atoms with van der Waals surface area (Å²) in [6, 6.07) is 5.81. The summed E-state index contributed by atoms with van der Waals surface area (Å²) in [6.45, 7) is 0.284. The highest BCUT2D eigenvalue weighted by Gasteiger charge is 2.32. The summed E-state index contributed by atoms with van der Waals surface area (Å²) in [5, 5.41) is 10.3. The average molecular weight is 207 g/mol. The van der Waals surface area contributed by atoms with Gasteiger partial charge in [0.1, 0.15) is 11.4 Å². The maximum absolute atomic E-state index is 10.3. The number of methoxy groups -OCH3 is 1. The number of nitrogens with two attached hydrogens (primary N) is 1. The van der Waals surface area contributed by atoms with Crippen LogP contribution in [0.2, 0.25) is 0 Å². The molecular weight excluding hydrogens is 190 g/mol. The van der Waals surface area contributed by atoms with Crippen LogP contribution in [0.5, 0.6) is 5.75 Å². The topological polar surface area (TPSA) is 55.5 Å². The van der Waals surface area contributed by atoms with Crippen LogP contribution in [0.3, 0.4) is 0 Å². The number of hydrogen-bond donors (Lipinski definition) is 2. The average Bonchev–Trinajstić information content (AvgIpc) is 2.29. The lowest BCUT2D eigenvalue weighted by molar-refractivity contribution is 0.0279. The molecule has 0 spiro atoms. The van der Waals surface area contributed by atoms with Crippen LogP contribution >= 0.6 is 0 Å². The molecule has 3 heteroatoms. The molecule has 15 heavy (non-hydrogen) atoms.